The first kappa shape index (κ1) is 28.8. The molecule has 4 fully saturated rings. The Kier molecular flexibility index (Phi) is 7.56. The molecule has 1 aromatic rings. The Balaban J connectivity index is 1.20. The van der Waals surface area contributed by atoms with E-state index in [0.717, 1.165) is 69.9 Å². The molecule has 4 aliphatic rings. The number of alkyl halides is 3. The second kappa shape index (κ2) is 10.3. The Hall–Kier alpha value is -1.76. The molecule has 218 valence electrons. The van der Waals surface area contributed by atoms with E-state index in [0.29, 0.717) is 37.7 Å². The molecular formula is C26H36ClF3N4O4S. The molecule has 1 atom stereocenters. The fraction of sp³-hybridized carbons (Fsp3) is 0.731. The van der Waals surface area contributed by atoms with Crippen LogP contribution in [0, 0.1) is 5.41 Å². The first-order valence-electron chi connectivity index (χ1n) is 13.5. The summed E-state index contributed by atoms with van der Waals surface area (Å²) in [7, 11) is -3.16. The molecular weight excluding hydrogens is 557 g/mol. The first-order valence-corrected chi connectivity index (χ1v) is 15.7. The average molecular weight is 593 g/mol. The lowest BCUT2D eigenvalue weighted by Gasteiger charge is -2.52. The van der Waals surface area contributed by atoms with Crippen LogP contribution in [-0.2, 0) is 21.3 Å². The van der Waals surface area contributed by atoms with Crippen molar-refractivity contribution in [2.75, 3.05) is 57.0 Å². The number of hydrogen-bond acceptors (Lipinski definition) is 6. The van der Waals surface area contributed by atoms with Gasteiger partial charge >= 0.3 is 12.3 Å². The number of carbonyl (C=O) groups excluding carboxylic acids is 1. The predicted molar refractivity (Wildman–Crippen MR) is 142 cm³/mol. The van der Waals surface area contributed by atoms with Crippen LogP contribution in [-0.4, -0.2) is 98.5 Å². The van der Waals surface area contributed by atoms with Crippen LogP contribution in [0.5, 0.6) is 0 Å². The van der Waals surface area contributed by atoms with Crippen LogP contribution in [0.4, 0.5) is 23.7 Å². The van der Waals surface area contributed by atoms with Gasteiger partial charge < -0.3 is 14.5 Å². The quantitative estimate of drug-likeness (QED) is 0.507. The van der Waals surface area contributed by atoms with E-state index in [-0.39, 0.29) is 11.0 Å². The number of amides is 1. The van der Waals surface area contributed by atoms with Crippen molar-refractivity contribution >= 4 is 33.4 Å². The summed E-state index contributed by atoms with van der Waals surface area (Å²) in [6.45, 7) is 5.89. The molecule has 4 heterocycles. The van der Waals surface area contributed by atoms with Crippen LogP contribution >= 0.6 is 11.6 Å². The van der Waals surface area contributed by atoms with Crippen molar-refractivity contribution in [3.63, 3.8) is 0 Å². The zero-order valence-corrected chi connectivity index (χ0v) is 23.9. The second-order valence-corrected chi connectivity index (χ2v) is 14.2. The van der Waals surface area contributed by atoms with Crippen LogP contribution in [0.25, 0.3) is 0 Å². The molecule has 0 aromatic heterocycles. The highest BCUT2D eigenvalue weighted by Gasteiger charge is 2.53. The maximum absolute atomic E-state index is 12.8. The van der Waals surface area contributed by atoms with E-state index in [2.05, 4.69) is 20.6 Å². The number of ether oxygens (including phenoxy) is 1. The number of carbonyl (C=O) groups is 1. The van der Waals surface area contributed by atoms with E-state index in [1.165, 1.54) is 11.2 Å². The monoisotopic (exact) mass is 592 g/mol. The standard InChI is InChI=1S/C26H36ClF3N4O4S/c1-19(26(28,29)30)38-23(35)32-17-25(18-32)4-3-8-33(25)15-20-12-21(27)14-22(13-20)31-9-5-24(16-31)6-10-34(11-7-24)39(2,36)37/h12-14,19H,3-11,15-18H2,1-2H3. The van der Waals surface area contributed by atoms with Gasteiger partial charge in [-0.1, -0.05) is 11.6 Å². The van der Waals surface area contributed by atoms with Crippen LogP contribution in [0.15, 0.2) is 18.2 Å². The molecule has 0 N–H and O–H groups in total. The van der Waals surface area contributed by atoms with Crippen molar-refractivity contribution < 1.29 is 31.1 Å². The topological polar surface area (TPSA) is 73.4 Å². The highest BCUT2D eigenvalue weighted by Crippen LogP contribution is 2.44. The van der Waals surface area contributed by atoms with Gasteiger partial charge in [0.1, 0.15) is 0 Å². The van der Waals surface area contributed by atoms with Crippen molar-refractivity contribution in [1.29, 1.82) is 0 Å². The van der Waals surface area contributed by atoms with Crippen LogP contribution in [0.2, 0.25) is 5.02 Å². The van der Waals surface area contributed by atoms with Gasteiger partial charge in [-0.15, -0.1) is 0 Å². The third kappa shape index (κ3) is 5.99. The number of piperidine rings is 1. The summed E-state index contributed by atoms with van der Waals surface area (Å²) in [5.74, 6) is 0. The van der Waals surface area contributed by atoms with E-state index in [9.17, 15) is 26.4 Å². The molecule has 0 radical (unpaired) electrons. The highest BCUT2D eigenvalue weighted by atomic mass is 35.5. The van der Waals surface area contributed by atoms with Crippen LogP contribution in [0.1, 0.15) is 44.6 Å². The zero-order valence-electron chi connectivity index (χ0n) is 22.3. The molecule has 39 heavy (non-hydrogen) atoms. The van der Waals surface area contributed by atoms with Gasteiger partial charge in [0.05, 0.1) is 11.8 Å². The summed E-state index contributed by atoms with van der Waals surface area (Å²) in [6, 6.07) is 6.07. The molecule has 0 bridgehead atoms. The van der Waals surface area contributed by atoms with E-state index in [1.807, 2.05) is 12.1 Å². The third-order valence-electron chi connectivity index (χ3n) is 9.08. The Bertz CT molecular complexity index is 1200. The Morgan fingerprint density at radius 3 is 2.36 bits per heavy atom. The van der Waals surface area contributed by atoms with Gasteiger partial charge in [0, 0.05) is 56.5 Å². The molecule has 4 saturated heterocycles. The summed E-state index contributed by atoms with van der Waals surface area (Å²) < 4.78 is 68.4. The summed E-state index contributed by atoms with van der Waals surface area (Å²) in [4.78, 5) is 18.3. The van der Waals surface area contributed by atoms with Gasteiger partial charge in [-0.3, -0.25) is 4.90 Å². The number of benzene rings is 1. The van der Waals surface area contributed by atoms with Crippen molar-refractivity contribution in [3.05, 3.63) is 28.8 Å². The molecule has 0 saturated carbocycles. The lowest BCUT2D eigenvalue weighted by Crippen LogP contribution is -2.69. The maximum atomic E-state index is 12.8. The van der Waals surface area contributed by atoms with Gasteiger partial charge in [-0.25, -0.2) is 17.5 Å². The lowest BCUT2D eigenvalue weighted by molar-refractivity contribution is -0.202. The fourth-order valence-electron chi connectivity index (χ4n) is 6.67. The van der Waals surface area contributed by atoms with E-state index >= 15 is 0 Å². The van der Waals surface area contributed by atoms with Gasteiger partial charge in [0.15, 0.2) is 6.10 Å². The second-order valence-electron chi connectivity index (χ2n) is 11.8. The smallest absolute Gasteiger partial charge is 0.425 e. The maximum Gasteiger partial charge on any atom is 0.425 e. The average Bonchev–Trinajstić information content (AvgIpc) is 3.41. The predicted octanol–water partition coefficient (Wildman–Crippen LogP) is 4.33. The molecule has 1 unspecified atom stereocenters. The van der Waals surface area contributed by atoms with Crippen molar-refractivity contribution in [1.82, 2.24) is 14.1 Å². The Morgan fingerprint density at radius 1 is 1.05 bits per heavy atom. The van der Waals surface area contributed by atoms with Crippen LogP contribution < -0.4 is 4.90 Å². The molecule has 2 spiro atoms. The minimum atomic E-state index is -4.58. The number of anilines is 1. The number of hydrogen-bond donors (Lipinski definition) is 0. The highest BCUT2D eigenvalue weighted by molar-refractivity contribution is 7.88. The normalized spacial score (nSPS) is 24.4. The van der Waals surface area contributed by atoms with E-state index in [1.54, 1.807) is 4.31 Å². The Labute approximate surface area is 233 Å². The molecule has 5 rings (SSSR count). The van der Waals surface area contributed by atoms with Crippen LogP contribution in [0.3, 0.4) is 0 Å². The van der Waals surface area contributed by atoms with Crippen molar-refractivity contribution in [2.45, 2.75) is 63.4 Å². The molecule has 1 amide bonds. The van der Waals surface area contributed by atoms with E-state index < -0.39 is 28.4 Å². The molecule has 4 aliphatic heterocycles. The molecule has 8 nitrogen and oxygen atoms in total. The Morgan fingerprint density at radius 2 is 1.72 bits per heavy atom. The number of sulfonamides is 1. The fourth-order valence-corrected chi connectivity index (χ4v) is 7.77. The lowest BCUT2D eigenvalue weighted by atomic mass is 9.78. The minimum absolute atomic E-state index is 0.107. The third-order valence-corrected chi connectivity index (χ3v) is 10.6. The van der Waals surface area contributed by atoms with Gasteiger partial charge in [0.2, 0.25) is 10.0 Å². The number of nitrogens with zero attached hydrogens (tertiary/aromatic N) is 4. The SMILES string of the molecule is CC(OC(=O)N1CC2(CCCN2Cc2cc(Cl)cc(N3CCC4(CCN(S(C)(=O)=O)CC4)C3)c2)C1)C(F)(F)F. The van der Waals surface area contributed by atoms with Crippen molar-refractivity contribution in [3.8, 4) is 0 Å². The summed E-state index contributed by atoms with van der Waals surface area (Å²) in [6.07, 6.45) is -1.83. The van der Waals surface area contributed by atoms with E-state index in [4.69, 9.17) is 11.6 Å². The summed E-state index contributed by atoms with van der Waals surface area (Å²) >= 11 is 6.55. The first-order chi connectivity index (χ1) is 18.2. The largest absolute Gasteiger partial charge is 0.437 e. The van der Waals surface area contributed by atoms with Crippen molar-refractivity contribution in [2.24, 2.45) is 5.41 Å². The molecule has 13 heteroatoms. The number of halogens is 4. The summed E-state index contributed by atoms with van der Waals surface area (Å²) in [5.41, 5.74) is 1.95. The van der Waals surface area contributed by atoms with Gasteiger partial charge in [-0.2, -0.15) is 13.2 Å². The molecule has 1 aromatic carbocycles. The molecule has 0 aliphatic carbocycles. The zero-order chi connectivity index (χ0) is 28.2. The summed E-state index contributed by atoms with van der Waals surface area (Å²) in [5, 5.41) is 0.642. The van der Waals surface area contributed by atoms with Gasteiger partial charge in [0.25, 0.3) is 0 Å². The number of rotatable bonds is 5. The minimum Gasteiger partial charge on any atom is -0.437 e. The van der Waals surface area contributed by atoms with Gasteiger partial charge in [-0.05, 0) is 74.8 Å². The number of likely N-dealkylation sites (tertiary alicyclic amines) is 2.